The predicted octanol–water partition coefficient (Wildman–Crippen LogP) is 2.01. The van der Waals surface area contributed by atoms with E-state index >= 15 is 0 Å². The molecule has 0 aromatic carbocycles. The summed E-state index contributed by atoms with van der Waals surface area (Å²) in [5.41, 5.74) is 1.11. The third kappa shape index (κ3) is 3.78. The van der Waals surface area contributed by atoms with E-state index in [1.807, 2.05) is 24.0 Å². The lowest BCUT2D eigenvalue weighted by Crippen LogP contribution is -2.19. The molecule has 0 spiro atoms. The van der Waals surface area contributed by atoms with E-state index in [9.17, 15) is 0 Å². The molecule has 0 saturated heterocycles. The van der Waals surface area contributed by atoms with Crippen LogP contribution in [0.5, 0.6) is 0 Å². The summed E-state index contributed by atoms with van der Waals surface area (Å²) in [5, 5.41) is 6.52. The molecule has 0 bridgehead atoms. The highest BCUT2D eigenvalue weighted by Gasteiger charge is 2.09. The van der Waals surface area contributed by atoms with E-state index in [0.717, 1.165) is 42.7 Å². The van der Waals surface area contributed by atoms with Crippen LogP contribution in [-0.4, -0.2) is 28.1 Å². The molecule has 2 aromatic rings. The van der Waals surface area contributed by atoms with Crippen LogP contribution in [0.25, 0.3) is 0 Å². The van der Waals surface area contributed by atoms with Crippen LogP contribution in [0.4, 0.5) is 5.13 Å². The minimum absolute atomic E-state index is 0.777. The van der Waals surface area contributed by atoms with Gasteiger partial charge in [0.2, 0.25) is 0 Å². The Balaban J connectivity index is 1.92. The zero-order valence-corrected chi connectivity index (χ0v) is 12.6. The lowest BCUT2D eigenvalue weighted by molar-refractivity contribution is 0.665. The first-order valence-corrected chi connectivity index (χ1v) is 7.41. The van der Waals surface area contributed by atoms with Crippen LogP contribution in [0.2, 0.25) is 0 Å². The molecule has 19 heavy (non-hydrogen) atoms. The van der Waals surface area contributed by atoms with Gasteiger partial charge in [0, 0.05) is 38.4 Å². The summed E-state index contributed by atoms with van der Waals surface area (Å²) >= 11 is 1.68. The fourth-order valence-electron chi connectivity index (χ4n) is 1.77. The third-order valence-corrected chi connectivity index (χ3v) is 3.90. The molecule has 2 heterocycles. The average Bonchev–Trinajstić information content (AvgIpc) is 3.00. The summed E-state index contributed by atoms with van der Waals surface area (Å²) in [6.07, 6.45) is 4.94. The minimum atomic E-state index is 0.777. The van der Waals surface area contributed by atoms with Gasteiger partial charge in [-0.2, -0.15) is 0 Å². The molecule has 5 nitrogen and oxygen atoms in total. The van der Waals surface area contributed by atoms with Crippen molar-refractivity contribution in [3.63, 3.8) is 0 Å². The van der Waals surface area contributed by atoms with Crippen LogP contribution in [0.1, 0.15) is 24.9 Å². The van der Waals surface area contributed by atoms with Crippen LogP contribution >= 0.6 is 11.3 Å². The van der Waals surface area contributed by atoms with Crippen molar-refractivity contribution < 1.29 is 0 Å². The molecule has 0 atom stereocenters. The first-order chi connectivity index (χ1) is 9.20. The Morgan fingerprint density at radius 3 is 3.00 bits per heavy atom. The standard InChI is InChI=1S/C13H21N5S/c1-4-5-14-8-11-10-19-13(16-11)18(3)9-12-15-6-7-17(12)2/h6-7,10,14H,4-5,8-9H2,1-3H3. The maximum absolute atomic E-state index is 4.64. The summed E-state index contributed by atoms with van der Waals surface area (Å²) in [7, 11) is 4.06. The molecular weight excluding hydrogens is 258 g/mol. The lowest BCUT2D eigenvalue weighted by atomic mass is 10.4. The molecule has 0 aliphatic heterocycles. The van der Waals surface area contributed by atoms with E-state index < -0.39 is 0 Å². The van der Waals surface area contributed by atoms with Gasteiger partial charge in [-0.05, 0) is 13.0 Å². The van der Waals surface area contributed by atoms with E-state index in [0.29, 0.717) is 0 Å². The topological polar surface area (TPSA) is 46.0 Å². The van der Waals surface area contributed by atoms with Crippen LogP contribution in [-0.2, 0) is 20.1 Å². The highest BCUT2D eigenvalue weighted by molar-refractivity contribution is 7.13. The second-order valence-electron chi connectivity index (χ2n) is 4.61. The molecule has 0 unspecified atom stereocenters. The van der Waals surface area contributed by atoms with E-state index in [4.69, 9.17) is 0 Å². The number of hydrogen-bond donors (Lipinski definition) is 1. The van der Waals surface area contributed by atoms with Crippen molar-refractivity contribution in [3.05, 3.63) is 29.3 Å². The molecule has 0 amide bonds. The number of nitrogens with zero attached hydrogens (tertiary/aromatic N) is 4. The number of thiazole rings is 1. The molecule has 6 heteroatoms. The van der Waals surface area contributed by atoms with Gasteiger partial charge in [-0.3, -0.25) is 0 Å². The maximum Gasteiger partial charge on any atom is 0.185 e. The van der Waals surface area contributed by atoms with Gasteiger partial charge in [-0.25, -0.2) is 9.97 Å². The number of aromatic nitrogens is 3. The molecule has 2 rings (SSSR count). The second kappa shape index (κ2) is 6.68. The van der Waals surface area contributed by atoms with Gasteiger partial charge in [0.15, 0.2) is 5.13 Å². The quantitative estimate of drug-likeness (QED) is 0.788. The molecule has 0 aliphatic carbocycles. The monoisotopic (exact) mass is 279 g/mol. The van der Waals surface area contributed by atoms with Crippen LogP contribution in [0.3, 0.4) is 0 Å². The van der Waals surface area contributed by atoms with Crippen molar-refractivity contribution in [1.82, 2.24) is 19.9 Å². The number of imidazole rings is 1. The largest absolute Gasteiger partial charge is 0.344 e. The van der Waals surface area contributed by atoms with E-state index in [2.05, 4.69) is 39.5 Å². The van der Waals surface area contributed by atoms with Crippen molar-refractivity contribution >= 4 is 16.5 Å². The molecule has 0 aliphatic rings. The van der Waals surface area contributed by atoms with Crippen LogP contribution in [0.15, 0.2) is 17.8 Å². The number of anilines is 1. The Morgan fingerprint density at radius 2 is 2.32 bits per heavy atom. The molecule has 0 radical (unpaired) electrons. The van der Waals surface area contributed by atoms with Gasteiger partial charge in [-0.15, -0.1) is 11.3 Å². The zero-order chi connectivity index (χ0) is 13.7. The van der Waals surface area contributed by atoms with Crippen LogP contribution in [0, 0.1) is 0 Å². The fourth-order valence-corrected chi connectivity index (χ4v) is 2.57. The van der Waals surface area contributed by atoms with E-state index in [1.165, 1.54) is 0 Å². The highest BCUT2D eigenvalue weighted by Crippen LogP contribution is 2.20. The molecular formula is C13H21N5S. The molecule has 2 aromatic heterocycles. The smallest absolute Gasteiger partial charge is 0.185 e. The van der Waals surface area contributed by atoms with Gasteiger partial charge in [0.25, 0.3) is 0 Å². The van der Waals surface area contributed by atoms with Crippen molar-refractivity contribution in [2.24, 2.45) is 7.05 Å². The van der Waals surface area contributed by atoms with Crippen molar-refractivity contribution in [3.8, 4) is 0 Å². The first-order valence-electron chi connectivity index (χ1n) is 6.53. The van der Waals surface area contributed by atoms with Gasteiger partial charge in [0.1, 0.15) is 5.82 Å². The highest BCUT2D eigenvalue weighted by atomic mass is 32.1. The second-order valence-corrected chi connectivity index (χ2v) is 5.45. The number of hydrogen-bond acceptors (Lipinski definition) is 5. The normalized spacial score (nSPS) is 10.9. The number of aryl methyl sites for hydroxylation is 1. The zero-order valence-electron chi connectivity index (χ0n) is 11.8. The Kier molecular flexibility index (Phi) is 4.93. The average molecular weight is 279 g/mol. The van der Waals surface area contributed by atoms with Gasteiger partial charge >= 0.3 is 0 Å². The maximum atomic E-state index is 4.64. The SMILES string of the molecule is CCCNCc1csc(N(C)Cc2nccn2C)n1. The Morgan fingerprint density at radius 1 is 1.47 bits per heavy atom. The molecule has 0 saturated carbocycles. The fraction of sp³-hybridized carbons (Fsp3) is 0.538. The van der Waals surface area contributed by atoms with E-state index in [1.54, 1.807) is 11.3 Å². The van der Waals surface area contributed by atoms with Gasteiger partial charge in [0.05, 0.1) is 12.2 Å². The summed E-state index contributed by atoms with van der Waals surface area (Å²) in [6.45, 7) is 4.83. The summed E-state index contributed by atoms with van der Waals surface area (Å²) in [6, 6.07) is 0. The Hall–Kier alpha value is -1.40. The van der Waals surface area contributed by atoms with Gasteiger partial charge in [-0.1, -0.05) is 6.92 Å². The summed E-state index contributed by atoms with van der Waals surface area (Å²) in [5.74, 6) is 1.04. The van der Waals surface area contributed by atoms with Crippen molar-refractivity contribution in [2.45, 2.75) is 26.4 Å². The number of rotatable bonds is 7. The molecule has 1 N–H and O–H groups in total. The summed E-state index contributed by atoms with van der Waals surface area (Å²) < 4.78 is 2.04. The number of nitrogens with one attached hydrogen (secondary N) is 1. The minimum Gasteiger partial charge on any atom is -0.344 e. The van der Waals surface area contributed by atoms with Crippen molar-refractivity contribution in [1.29, 1.82) is 0 Å². The van der Waals surface area contributed by atoms with Gasteiger partial charge < -0.3 is 14.8 Å². The third-order valence-electron chi connectivity index (χ3n) is 2.90. The van der Waals surface area contributed by atoms with Crippen molar-refractivity contribution in [2.75, 3.05) is 18.5 Å². The summed E-state index contributed by atoms with van der Waals surface area (Å²) in [4.78, 5) is 11.1. The van der Waals surface area contributed by atoms with Crippen LogP contribution < -0.4 is 10.2 Å². The lowest BCUT2D eigenvalue weighted by Gasteiger charge is -2.15. The first kappa shape index (κ1) is 14.0. The molecule has 104 valence electrons. The Labute approximate surface area is 118 Å². The molecule has 0 fully saturated rings. The Bertz CT molecular complexity index is 505. The predicted molar refractivity (Wildman–Crippen MR) is 79.4 cm³/mol. The van der Waals surface area contributed by atoms with E-state index in [-0.39, 0.29) is 0 Å².